The highest BCUT2D eigenvalue weighted by molar-refractivity contribution is 5.99. The van der Waals surface area contributed by atoms with Crippen molar-refractivity contribution in [2.75, 3.05) is 17.2 Å². The lowest BCUT2D eigenvalue weighted by Crippen LogP contribution is -2.34. The molecule has 0 radical (unpaired) electrons. The van der Waals surface area contributed by atoms with Crippen molar-refractivity contribution in [3.63, 3.8) is 0 Å². The average molecular weight is 337 g/mol. The van der Waals surface area contributed by atoms with E-state index in [2.05, 4.69) is 10.6 Å². The van der Waals surface area contributed by atoms with Gasteiger partial charge >= 0.3 is 0 Å². The first-order valence-corrected chi connectivity index (χ1v) is 7.60. The van der Waals surface area contributed by atoms with Crippen LogP contribution >= 0.6 is 0 Å². The molecule has 1 aliphatic rings. The summed E-state index contributed by atoms with van der Waals surface area (Å²) in [5.74, 6) is 0.265. The third-order valence-corrected chi connectivity index (χ3v) is 3.56. The lowest BCUT2D eigenvalue weighted by Gasteiger charge is -2.23. The second-order valence-electron chi connectivity index (χ2n) is 5.41. The van der Waals surface area contributed by atoms with E-state index in [1.807, 2.05) is 6.07 Å². The number of fused-ring (bicyclic) bond motifs is 1. The molecule has 1 atom stereocenters. The molecule has 0 unspecified atom stereocenters. The monoisotopic (exact) mass is 337 g/mol. The molecule has 0 saturated heterocycles. The zero-order valence-electron chi connectivity index (χ0n) is 13.4. The highest BCUT2D eigenvalue weighted by atomic mass is 16.5. The van der Waals surface area contributed by atoms with Gasteiger partial charge in [-0.2, -0.15) is 5.26 Å². The van der Waals surface area contributed by atoms with Gasteiger partial charge < -0.3 is 20.1 Å². The maximum absolute atomic E-state index is 12.0. The van der Waals surface area contributed by atoms with Crippen LogP contribution in [0.3, 0.4) is 0 Å². The number of carbonyl (C=O) groups is 2. The van der Waals surface area contributed by atoms with Crippen LogP contribution in [-0.4, -0.2) is 24.5 Å². The maximum atomic E-state index is 12.0. The minimum absolute atomic E-state index is 0.240. The molecule has 2 N–H and O–H groups in total. The van der Waals surface area contributed by atoms with Crippen molar-refractivity contribution >= 4 is 23.2 Å². The standard InChI is InChI=1S/C18H15N3O4/c1-11-18(23)21-14-8-13(6-7-16(14)25-11)20-17(22)10-24-15-5-3-2-4-12(15)9-19/h2-8,11H,10H2,1H3,(H,20,22)(H,21,23)/t11-/m0/s1. The molecule has 7 heteroatoms. The highest BCUT2D eigenvalue weighted by Gasteiger charge is 2.23. The smallest absolute Gasteiger partial charge is 0.265 e. The number of rotatable bonds is 4. The summed E-state index contributed by atoms with van der Waals surface area (Å²) < 4.78 is 10.8. The Morgan fingerprint density at radius 3 is 2.96 bits per heavy atom. The Labute approximate surface area is 144 Å². The lowest BCUT2D eigenvalue weighted by molar-refractivity contribution is -0.122. The molecular weight excluding hydrogens is 322 g/mol. The van der Waals surface area contributed by atoms with Gasteiger partial charge in [0.2, 0.25) is 0 Å². The van der Waals surface area contributed by atoms with Crippen LogP contribution in [0.25, 0.3) is 0 Å². The number of amides is 2. The van der Waals surface area contributed by atoms with Gasteiger partial charge in [0.15, 0.2) is 12.7 Å². The van der Waals surface area contributed by atoms with E-state index in [9.17, 15) is 9.59 Å². The van der Waals surface area contributed by atoms with Gasteiger partial charge in [0.05, 0.1) is 11.3 Å². The molecule has 3 rings (SSSR count). The van der Waals surface area contributed by atoms with Gasteiger partial charge in [-0.3, -0.25) is 9.59 Å². The highest BCUT2D eigenvalue weighted by Crippen LogP contribution is 2.32. The van der Waals surface area contributed by atoms with Crippen LogP contribution in [0, 0.1) is 11.3 Å². The fourth-order valence-corrected chi connectivity index (χ4v) is 2.31. The van der Waals surface area contributed by atoms with Gasteiger partial charge in [-0.05, 0) is 37.3 Å². The molecule has 1 aliphatic heterocycles. The molecule has 2 aromatic rings. The maximum Gasteiger partial charge on any atom is 0.265 e. The molecular formula is C18H15N3O4. The summed E-state index contributed by atoms with van der Waals surface area (Å²) in [5, 5.41) is 14.4. The van der Waals surface area contributed by atoms with Crippen molar-refractivity contribution in [2.24, 2.45) is 0 Å². The molecule has 0 aliphatic carbocycles. The van der Waals surface area contributed by atoms with Crippen molar-refractivity contribution in [3.05, 3.63) is 48.0 Å². The second-order valence-corrected chi connectivity index (χ2v) is 5.41. The van der Waals surface area contributed by atoms with E-state index in [-0.39, 0.29) is 18.4 Å². The number of benzene rings is 2. The van der Waals surface area contributed by atoms with E-state index in [0.29, 0.717) is 28.4 Å². The van der Waals surface area contributed by atoms with Crippen molar-refractivity contribution in [2.45, 2.75) is 13.0 Å². The van der Waals surface area contributed by atoms with E-state index in [0.717, 1.165) is 0 Å². The van der Waals surface area contributed by atoms with Crippen molar-refractivity contribution < 1.29 is 19.1 Å². The first-order chi connectivity index (χ1) is 12.1. The van der Waals surface area contributed by atoms with Gasteiger partial charge in [-0.25, -0.2) is 0 Å². The number of nitrogens with one attached hydrogen (secondary N) is 2. The summed E-state index contributed by atoms with van der Waals surface area (Å²) in [4.78, 5) is 23.7. The summed E-state index contributed by atoms with van der Waals surface area (Å²) in [5.41, 5.74) is 1.36. The van der Waals surface area contributed by atoms with Crippen molar-refractivity contribution in [1.82, 2.24) is 0 Å². The van der Waals surface area contributed by atoms with E-state index in [1.54, 1.807) is 49.4 Å². The SMILES string of the molecule is C[C@@H]1Oc2ccc(NC(=O)COc3ccccc3C#N)cc2NC1=O. The minimum atomic E-state index is -0.554. The topological polar surface area (TPSA) is 100 Å². The number of hydrogen-bond donors (Lipinski definition) is 2. The second kappa shape index (κ2) is 6.93. The Morgan fingerprint density at radius 2 is 2.16 bits per heavy atom. The minimum Gasteiger partial charge on any atom is -0.482 e. The Hall–Kier alpha value is -3.53. The number of carbonyl (C=O) groups excluding carboxylic acids is 2. The molecule has 0 spiro atoms. The Morgan fingerprint density at radius 1 is 1.36 bits per heavy atom. The molecule has 0 aromatic heterocycles. The number of nitrogens with zero attached hydrogens (tertiary/aromatic N) is 1. The molecule has 7 nitrogen and oxygen atoms in total. The van der Waals surface area contributed by atoms with Gasteiger partial charge in [0, 0.05) is 5.69 Å². The molecule has 2 amide bonds. The van der Waals surface area contributed by atoms with Gasteiger partial charge in [-0.1, -0.05) is 12.1 Å². The number of para-hydroxylation sites is 1. The van der Waals surface area contributed by atoms with E-state index in [1.165, 1.54) is 0 Å². The molecule has 25 heavy (non-hydrogen) atoms. The van der Waals surface area contributed by atoms with Crippen LogP contribution in [0.5, 0.6) is 11.5 Å². The Balaban J connectivity index is 1.63. The first-order valence-electron chi connectivity index (χ1n) is 7.60. The Kier molecular flexibility index (Phi) is 4.53. The molecule has 0 saturated carbocycles. The molecule has 126 valence electrons. The summed E-state index contributed by atoms with van der Waals surface area (Å²) in [7, 11) is 0. The molecule has 0 bridgehead atoms. The fourth-order valence-electron chi connectivity index (χ4n) is 2.31. The number of nitriles is 1. The Bertz CT molecular complexity index is 873. The third-order valence-electron chi connectivity index (χ3n) is 3.56. The molecule has 0 fully saturated rings. The van der Waals surface area contributed by atoms with E-state index in [4.69, 9.17) is 14.7 Å². The van der Waals surface area contributed by atoms with Crippen LogP contribution in [0.2, 0.25) is 0 Å². The van der Waals surface area contributed by atoms with E-state index >= 15 is 0 Å². The number of ether oxygens (including phenoxy) is 2. The molecule has 1 heterocycles. The van der Waals surface area contributed by atoms with Gasteiger partial charge in [0.25, 0.3) is 11.8 Å². The van der Waals surface area contributed by atoms with Crippen molar-refractivity contribution in [1.29, 1.82) is 5.26 Å². The fraction of sp³-hybridized carbons (Fsp3) is 0.167. The zero-order valence-corrected chi connectivity index (χ0v) is 13.4. The average Bonchev–Trinajstić information content (AvgIpc) is 2.61. The van der Waals surface area contributed by atoms with E-state index < -0.39 is 6.10 Å². The van der Waals surface area contributed by atoms with Gasteiger partial charge in [0.1, 0.15) is 17.6 Å². The largest absolute Gasteiger partial charge is 0.482 e. The molecule has 2 aromatic carbocycles. The first kappa shape index (κ1) is 16.3. The summed E-state index contributed by atoms with van der Waals surface area (Å²) in [6, 6.07) is 13.6. The van der Waals surface area contributed by atoms with Crippen LogP contribution in [0.1, 0.15) is 12.5 Å². The van der Waals surface area contributed by atoms with Crippen LogP contribution < -0.4 is 20.1 Å². The quantitative estimate of drug-likeness (QED) is 0.891. The van der Waals surface area contributed by atoms with Crippen molar-refractivity contribution in [3.8, 4) is 17.6 Å². The summed E-state index contributed by atoms with van der Waals surface area (Å²) >= 11 is 0. The normalized spacial score (nSPS) is 15.2. The van der Waals surface area contributed by atoms with Crippen LogP contribution in [-0.2, 0) is 9.59 Å². The van der Waals surface area contributed by atoms with Crippen LogP contribution in [0.4, 0.5) is 11.4 Å². The number of anilines is 2. The summed E-state index contributed by atoms with van der Waals surface area (Å²) in [6.45, 7) is 1.42. The predicted molar refractivity (Wildman–Crippen MR) is 90.4 cm³/mol. The number of hydrogen-bond acceptors (Lipinski definition) is 5. The lowest BCUT2D eigenvalue weighted by atomic mass is 10.2. The summed E-state index contributed by atoms with van der Waals surface area (Å²) in [6.07, 6.45) is -0.554. The van der Waals surface area contributed by atoms with Gasteiger partial charge in [-0.15, -0.1) is 0 Å². The van der Waals surface area contributed by atoms with Crippen LogP contribution in [0.15, 0.2) is 42.5 Å². The zero-order chi connectivity index (χ0) is 17.8. The predicted octanol–water partition coefficient (Wildman–Crippen LogP) is 2.30. The third kappa shape index (κ3) is 3.70.